The summed E-state index contributed by atoms with van der Waals surface area (Å²) in [6, 6.07) is 53.6. The first-order valence-electron chi connectivity index (χ1n) is 19.1. The molecule has 8 aromatic carbocycles. The molecular weight excluding hydrogens is 694 g/mol. The average Bonchev–Trinajstić information content (AvgIpc) is 3.76. The zero-order valence-electron chi connectivity index (χ0n) is 31.7. The molecule has 0 amide bonds. The van der Waals surface area contributed by atoms with Crippen molar-refractivity contribution in [2.75, 3.05) is 0 Å². The third kappa shape index (κ3) is 5.21. The molecule has 10 rings (SSSR count). The molecule has 2 aliphatic rings. The van der Waals surface area contributed by atoms with E-state index in [4.69, 9.17) is 9.47 Å². The Morgan fingerprint density at radius 1 is 0.389 bits per heavy atom. The van der Waals surface area contributed by atoms with Crippen LogP contribution in [0, 0.1) is 0 Å². The van der Waals surface area contributed by atoms with Gasteiger partial charge in [0.05, 0.1) is 0 Å². The SMILES string of the molecule is CC(C)(C)[P@]1c2c(cccc2-c2c3ccccc3cc3ccccc23)O[C@@H]1[C@H]1Oc2cccc(-c3c4ccccc4cc4ccccc34)c2[P@@]1C(C)(C)C. The van der Waals surface area contributed by atoms with Crippen LogP contribution in [0.1, 0.15) is 41.5 Å². The van der Waals surface area contributed by atoms with Crippen LogP contribution in [0.2, 0.25) is 0 Å². The Morgan fingerprint density at radius 3 is 1.02 bits per heavy atom. The molecule has 2 aliphatic heterocycles. The summed E-state index contributed by atoms with van der Waals surface area (Å²) in [7, 11) is -1.72. The number of hydrogen-bond acceptors (Lipinski definition) is 2. The van der Waals surface area contributed by atoms with Gasteiger partial charge in [0.25, 0.3) is 0 Å². The van der Waals surface area contributed by atoms with Crippen LogP contribution in [0.25, 0.3) is 65.3 Å². The van der Waals surface area contributed by atoms with Crippen molar-refractivity contribution in [2.24, 2.45) is 0 Å². The largest absolute Gasteiger partial charge is 0.481 e. The van der Waals surface area contributed by atoms with Crippen LogP contribution in [0.3, 0.4) is 0 Å². The molecule has 0 saturated heterocycles. The molecule has 0 fully saturated rings. The van der Waals surface area contributed by atoms with Gasteiger partial charge in [-0.05, 0) is 116 Å². The minimum atomic E-state index is -0.859. The summed E-state index contributed by atoms with van der Waals surface area (Å²) in [5.41, 5.74) is 5.20. The van der Waals surface area contributed by atoms with Crippen molar-refractivity contribution in [3.8, 4) is 33.8 Å². The topological polar surface area (TPSA) is 18.5 Å². The monoisotopic (exact) mass is 738 g/mol. The molecule has 0 aromatic heterocycles. The van der Waals surface area contributed by atoms with Crippen molar-refractivity contribution in [2.45, 2.75) is 63.5 Å². The van der Waals surface area contributed by atoms with E-state index in [-0.39, 0.29) is 22.0 Å². The number of rotatable bonds is 3. The maximum Gasteiger partial charge on any atom is 0.162 e. The lowest BCUT2D eigenvalue weighted by Crippen LogP contribution is -2.38. The van der Waals surface area contributed by atoms with E-state index in [9.17, 15) is 0 Å². The second-order valence-corrected chi connectivity index (χ2v) is 22.9. The van der Waals surface area contributed by atoms with Gasteiger partial charge in [0.15, 0.2) is 11.7 Å². The summed E-state index contributed by atoms with van der Waals surface area (Å²) >= 11 is 0. The summed E-state index contributed by atoms with van der Waals surface area (Å²) in [6.07, 6.45) is 0. The first kappa shape index (κ1) is 33.8. The fourth-order valence-corrected chi connectivity index (χ4v) is 16.0. The van der Waals surface area contributed by atoms with Crippen molar-refractivity contribution in [3.63, 3.8) is 0 Å². The molecule has 0 radical (unpaired) electrons. The Hall–Kier alpha value is -4.74. The van der Waals surface area contributed by atoms with Crippen LogP contribution >= 0.6 is 15.8 Å². The maximum atomic E-state index is 7.38. The molecule has 0 N–H and O–H groups in total. The molecule has 0 spiro atoms. The van der Waals surface area contributed by atoms with Gasteiger partial charge >= 0.3 is 0 Å². The van der Waals surface area contributed by atoms with Gasteiger partial charge in [-0.3, -0.25) is 0 Å². The first-order chi connectivity index (χ1) is 26.1. The standard InChI is InChI=1S/C50H44O2P2/c1-49(2,3)53-45-39(43-35-21-11-7-17-31(35)29-32-18-8-12-22-36(32)43)25-15-27-41(45)51-47(53)48-52-42-28-16-26-40(46(42)54(48)50(4,5)6)44-37-23-13-9-19-33(37)30-34-20-10-14-24-38(34)44/h7-30,47-48H,1-6H3/t47-,48-,53+,54+/m0/s1. The van der Waals surface area contributed by atoms with E-state index >= 15 is 0 Å². The molecule has 4 heteroatoms. The normalized spacial score (nSPS) is 19.6. The van der Waals surface area contributed by atoms with Gasteiger partial charge < -0.3 is 9.47 Å². The lowest BCUT2D eigenvalue weighted by Gasteiger charge is -2.40. The van der Waals surface area contributed by atoms with Gasteiger partial charge in [-0.15, -0.1) is 0 Å². The summed E-state index contributed by atoms with van der Waals surface area (Å²) < 4.78 is 14.8. The predicted octanol–water partition coefficient (Wildman–Crippen LogP) is 13.6. The maximum absolute atomic E-state index is 7.38. The molecule has 4 atom stereocenters. The van der Waals surface area contributed by atoms with E-state index in [0.29, 0.717) is 0 Å². The van der Waals surface area contributed by atoms with Crippen LogP contribution < -0.4 is 20.1 Å². The van der Waals surface area contributed by atoms with Crippen LogP contribution in [0.4, 0.5) is 0 Å². The highest BCUT2D eigenvalue weighted by molar-refractivity contribution is 7.72. The first-order valence-corrected chi connectivity index (χ1v) is 21.9. The van der Waals surface area contributed by atoms with Gasteiger partial charge in [-0.25, -0.2) is 0 Å². The number of benzene rings is 8. The second kappa shape index (κ2) is 12.4. The Morgan fingerprint density at radius 2 is 0.704 bits per heavy atom. The molecule has 2 nitrogen and oxygen atoms in total. The minimum absolute atomic E-state index is 0.0482. The van der Waals surface area contributed by atoms with Gasteiger partial charge in [-0.1, -0.05) is 163 Å². The predicted molar refractivity (Wildman–Crippen MR) is 235 cm³/mol. The summed E-state index contributed by atoms with van der Waals surface area (Å²) in [5.74, 6) is 1.82. The van der Waals surface area contributed by atoms with Crippen molar-refractivity contribution in [3.05, 3.63) is 146 Å². The van der Waals surface area contributed by atoms with Gasteiger partial charge in [0.1, 0.15) is 11.5 Å². The van der Waals surface area contributed by atoms with Crippen LogP contribution in [0.5, 0.6) is 11.5 Å². The number of ether oxygens (including phenoxy) is 2. The van der Waals surface area contributed by atoms with E-state index in [1.165, 1.54) is 76.0 Å². The highest BCUT2D eigenvalue weighted by Gasteiger charge is 2.55. The van der Waals surface area contributed by atoms with Crippen molar-refractivity contribution in [1.82, 2.24) is 0 Å². The smallest absolute Gasteiger partial charge is 0.162 e. The molecule has 2 heterocycles. The van der Waals surface area contributed by atoms with E-state index in [0.717, 1.165) is 11.5 Å². The van der Waals surface area contributed by atoms with Crippen molar-refractivity contribution in [1.29, 1.82) is 0 Å². The highest BCUT2D eigenvalue weighted by atomic mass is 31.1. The van der Waals surface area contributed by atoms with E-state index < -0.39 is 15.8 Å². The summed E-state index contributed by atoms with van der Waals surface area (Å²) in [6.45, 7) is 14.5. The summed E-state index contributed by atoms with van der Waals surface area (Å²) in [5, 5.41) is 12.8. The Balaban J connectivity index is 1.18. The zero-order valence-corrected chi connectivity index (χ0v) is 33.5. The molecule has 8 aromatic rings. The van der Waals surface area contributed by atoms with Crippen molar-refractivity contribution < 1.29 is 9.47 Å². The van der Waals surface area contributed by atoms with Crippen LogP contribution in [0.15, 0.2) is 146 Å². The Bertz CT molecular complexity index is 2490. The zero-order chi connectivity index (χ0) is 36.9. The Labute approximate surface area is 320 Å². The molecule has 0 unspecified atom stereocenters. The Kier molecular flexibility index (Phi) is 7.76. The minimum Gasteiger partial charge on any atom is -0.481 e. The van der Waals surface area contributed by atoms with E-state index in [2.05, 4.69) is 187 Å². The second-order valence-electron chi connectivity index (χ2n) is 16.8. The third-order valence-corrected chi connectivity index (χ3v) is 18.0. The van der Waals surface area contributed by atoms with Crippen molar-refractivity contribution >= 4 is 69.5 Å². The van der Waals surface area contributed by atoms with Gasteiger partial charge in [0.2, 0.25) is 0 Å². The van der Waals surface area contributed by atoms with E-state index in [1.807, 2.05) is 0 Å². The lowest BCUT2D eigenvalue weighted by atomic mass is 9.92. The third-order valence-electron chi connectivity index (χ3n) is 11.3. The fraction of sp³-hybridized carbons (Fsp3) is 0.200. The molecule has 0 bridgehead atoms. The fourth-order valence-electron chi connectivity index (χ4n) is 9.17. The van der Waals surface area contributed by atoms with Crippen LogP contribution in [-0.2, 0) is 0 Å². The van der Waals surface area contributed by atoms with E-state index in [1.54, 1.807) is 0 Å². The molecular formula is C50H44O2P2. The van der Waals surface area contributed by atoms with Gasteiger partial charge in [0, 0.05) is 10.6 Å². The average molecular weight is 739 g/mol. The highest BCUT2D eigenvalue weighted by Crippen LogP contribution is 2.70. The van der Waals surface area contributed by atoms with Gasteiger partial charge in [-0.2, -0.15) is 0 Å². The number of fused-ring (bicyclic) bond motifs is 6. The number of hydrogen-bond donors (Lipinski definition) is 0. The molecule has 0 aliphatic carbocycles. The molecule has 54 heavy (non-hydrogen) atoms. The molecule has 266 valence electrons. The quantitative estimate of drug-likeness (QED) is 0.133. The van der Waals surface area contributed by atoms with Crippen LogP contribution in [-0.4, -0.2) is 22.0 Å². The molecule has 0 saturated carbocycles. The lowest BCUT2D eigenvalue weighted by molar-refractivity contribution is 0.171. The summed E-state index contributed by atoms with van der Waals surface area (Å²) in [4.78, 5) is 0.